The molecule has 3 heteroatoms. The van der Waals surface area contributed by atoms with Crippen LogP contribution in [0.25, 0.3) is 0 Å². The third-order valence-corrected chi connectivity index (χ3v) is 5.71. The predicted molar refractivity (Wildman–Crippen MR) is 98.8 cm³/mol. The smallest absolute Gasteiger partial charge is 0.231 e. The number of carbonyl (C=O) groups is 2. The quantitative estimate of drug-likeness (QED) is 0.613. The molecule has 2 atom stereocenters. The molecule has 3 nitrogen and oxygen atoms in total. The van der Waals surface area contributed by atoms with Gasteiger partial charge in [0, 0.05) is 18.3 Å². The minimum Gasteiger partial charge on any atom is -0.315 e. The zero-order valence-electron chi connectivity index (χ0n) is 14.5. The van der Waals surface area contributed by atoms with Crippen LogP contribution in [0, 0.1) is 5.92 Å². The number of anilines is 1. The van der Waals surface area contributed by atoms with Crippen LogP contribution in [0.1, 0.15) is 35.7 Å². The zero-order chi connectivity index (χ0) is 17.6. The minimum absolute atomic E-state index is 0.0374. The Balaban J connectivity index is 1.99. The largest absolute Gasteiger partial charge is 0.315 e. The van der Waals surface area contributed by atoms with Gasteiger partial charge in [0.15, 0.2) is 5.78 Å². The maximum Gasteiger partial charge on any atom is 0.231 e. The lowest BCUT2D eigenvalue weighted by Crippen LogP contribution is -2.55. The second kappa shape index (κ2) is 5.69. The maximum atomic E-state index is 13.7. The Morgan fingerprint density at radius 2 is 1.76 bits per heavy atom. The lowest BCUT2D eigenvalue weighted by Gasteiger charge is -2.48. The van der Waals surface area contributed by atoms with Crippen molar-refractivity contribution in [3.63, 3.8) is 0 Å². The Morgan fingerprint density at radius 3 is 2.52 bits per heavy atom. The monoisotopic (exact) mass is 331 g/mol. The first-order valence-corrected chi connectivity index (χ1v) is 8.68. The van der Waals surface area contributed by atoms with E-state index < -0.39 is 5.41 Å². The summed E-state index contributed by atoms with van der Waals surface area (Å²) in [4.78, 5) is 28.6. The Labute approximate surface area is 148 Å². The summed E-state index contributed by atoms with van der Waals surface area (Å²) in [5, 5.41) is 0. The fourth-order valence-electron chi connectivity index (χ4n) is 4.37. The van der Waals surface area contributed by atoms with Crippen molar-refractivity contribution >= 4 is 17.4 Å². The molecule has 0 aromatic heterocycles. The number of hydrogen-bond acceptors (Lipinski definition) is 2. The van der Waals surface area contributed by atoms with E-state index in [0.29, 0.717) is 18.4 Å². The van der Waals surface area contributed by atoms with Crippen LogP contribution in [0.4, 0.5) is 5.69 Å². The van der Waals surface area contributed by atoms with Crippen molar-refractivity contribution < 1.29 is 9.59 Å². The molecule has 2 aromatic rings. The molecular formula is C22H21NO2. The van der Waals surface area contributed by atoms with E-state index in [0.717, 1.165) is 11.3 Å². The van der Waals surface area contributed by atoms with Gasteiger partial charge in [0.05, 0.1) is 11.3 Å². The van der Waals surface area contributed by atoms with Crippen LogP contribution in [-0.2, 0) is 10.2 Å². The average Bonchev–Trinajstić information content (AvgIpc) is 2.66. The van der Waals surface area contributed by atoms with Crippen LogP contribution in [0.2, 0.25) is 0 Å². The number of allylic oxidation sites excluding steroid dienone is 2. The molecule has 2 aliphatic rings. The van der Waals surface area contributed by atoms with Crippen molar-refractivity contribution in [3.8, 4) is 0 Å². The molecule has 0 fully saturated rings. The number of Topliss-reactive ketones (excluding diaryl/α,β-unsaturated/α-hetero) is 1. The molecule has 0 saturated heterocycles. The number of hydrogen-bond donors (Lipinski definition) is 0. The van der Waals surface area contributed by atoms with E-state index in [2.05, 4.69) is 6.08 Å². The third-order valence-electron chi connectivity index (χ3n) is 5.71. The molecule has 1 amide bonds. The van der Waals surface area contributed by atoms with E-state index in [9.17, 15) is 9.59 Å². The Hall–Kier alpha value is -2.68. The van der Waals surface area contributed by atoms with Gasteiger partial charge >= 0.3 is 0 Å². The molecule has 0 spiro atoms. The van der Waals surface area contributed by atoms with Gasteiger partial charge in [0.1, 0.15) is 0 Å². The van der Waals surface area contributed by atoms with Gasteiger partial charge in [-0.2, -0.15) is 0 Å². The highest BCUT2D eigenvalue weighted by Crippen LogP contribution is 2.52. The van der Waals surface area contributed by atoms with Gasteiger partial charge in [-0.1, -0.05) is 60.2 Å². The molecule has 25 heavy (non-hydrogen) atoms. The van der Waals surface area contributed by atoms with E-state index in [1.165, 1.54) is 5.57 Å². The summed E-state index contributed by atoms with van der Waals surface area (Å²) >= 11 is 0. The van der Waals surface area contributed by atoms with Gasteiger partial charge in [0.25, 0.3) is 0 Å². The van der Waals surface area contributed by atoms with Crippen molar-refractivity contribution in [2.75, 3.05) is 11.9 Å². The Bertz CT molecular complexity index is 884. The van der Waals surface area contributed by atoms with Crippen molar-refractivity contribution in [2.45, 2.75) is 25.2 Å². The second-order valence-electron chi connectivity index (χ2n) is 7.09. The topological polar surface area (TPSA) is 37.4 Å². The molecule has 1 aliphatic heterocycles. The SMILES string of the molecule is CC1=CC[C@@]2(C(=O)c3ccccc3)c3ccccc3N(C)C(=O)[C@H]2C1. The molecular weight excluding hydrogens is 310 g/mol. The molecule has 4 rings (SSSR count). The molecule has 1 aliphatic carbocycles. The normalized spacial score (nSPS) is 25.0. The highest BCUT2D eigenvalue weighted by molar-refractivity contribution is 6.13. The number of amides is 1. The van der Waals surface area contributed by atoms with Crippen LogP contribution >= 0.6 is 0 Å². The van der Waals surface area contributed by atoms with E-state index in [4.69, 9.17) is 0 Å². The van der Waals surface area contributed by atoms with Gasteiger partial charge < -0.3 is 4.90 Å². The summed E-state index contributed by atoms with van der Waals surface area (Å²) in [6.07, 6.45) is 3.34. The van der Waals surface area contributed by atoms with Crippen molar-refractivity contribution in [3.05, 3.63) is 77.4 Å². The Kier molecular flexibility index (Phi) is 3.60. The number of ketones is 1. The highest BCUT2D eigenvalue weighted by atomic mass is 16.2. The molecule has 0 unspecified atom stereocenters. The fraction of sp³-hybridized carbons (Fsp3) is 0.273. The first kappa shape index (κ1) is 15.8. The maximum absolute atomic E-state index is 13.7. The van der Waals surface area contributed by atoms with Gasteiger partial charge in [-0.05, 0) is 31.4 Å². The highest BCUT2D eigenvalue weighted by Gasteiger charge is 2.55. The number of nitrogens with zero attached hydrogens (tertiary/aromatic N) is 1. The predicted octanol–water partition coefficient (Wildman–Crippen LogP) is 4.14. The van der Waals surface area contributed by atoms with E-state index >= 15 is 0 Å². The lowest BCUT2D eigenvalue weighted by molar-refractivity contribution is -0.124. The van der Waals surface area contributed by atoms with E-state index in [1.807, 2.05) is 68.6 Å². The molecule has 2 aromatic carbocycles. The zero-order valence-corrected chi connectivity index (χ0v) is 14.5. The van der Waals surface area contributed by atoms with Crippen LogP contribution < -0.4 is 4.90 Å². The number of rotatable bonds is 2. The molecule has 0 saturated carbocycles. The summed E-state index contributed by atoms with van der Waals surface area (Å²) < 4.78 is 0. The summed E-state index contributed by atoms with van der Waals surface area (Å²) in [5.74, 6) is -0.253. The first-order chi connectivity index (χ1) is 12.1. The van der Waals surface area contributed by atoms with Crippen LogP contribution in [-0.4, -0.2) is 18.7 Å². The van der Waals surface area contributed by atoms with Gasteiger partial charge in [-0.3, -0.25) is 9.59 Å². The van der Waals surface area contributed by atoms with E-state index in [-0.39, 0.29) is 17.6 Å². The fourth-order valence-corrected chi connectivity index (χ4v) is 4.37. The number of benzene rings is 2. The molecule has 126 valence electrons. The Morgan fingerprint density at radius 1 is 1.08 bits per heavy atom. The van der Waals surface area contributed by atoms with Crippen molar-refractivity contribution in [2.24, 2.45) is 5.92 Å². The van der Waals surface area contributed by atoms with Crippen molar-refractivity contribution in [1.82, 2.24) is 0 Å². The van der Waals surface area contributed by atoms with Crippen LogP contribution in [0.3, 0.4) is 0 Å². The summed E-state index contributed by atoms with van der Waals surface area (Å²) in [7, 11) is 1.81. The van der Waals surface area contributed by atoms with Crippen molar-refractivity contribution in [1.29, 1.82) is 0 Å². The standard InChI is InChI=1S/C22H21NO2/c1-15-12-13-22(20(24)16-8-4-3-5-9-16)17-10-6-7-11-19(17)23(2)21(25)18(22)14-15/h3-12,18H,13-14H2,1-2H3/t18-,22-/m1/s1. The van der Waals surface area contributed by atoms with Gasteiger partial charge in [0.2, 0.25) is 5.91 Å². The molecule has 0 N–H and O–H groups in total. The average molecular weight is 331 g/mol. The third kappa shape index (κ3) is 2.19. The summed E-state index contributed by atoms with van der Waals surface area (Å²) in [6, 6.07) is 17.2. The first-order valence-electron chi connectivity index (χ1n) is 8.68. The number of para-hydroxylation sites is 1. The molecule has 0 bridgehead atoms. The van der Waals surface area contributed by atoms with Gasteiger partial charge in [-0.25, -0.2) is 0 Å². The summed E-state index contributed by atoms with van der Waals surface area (Å²) in [5.41, 5.74) is 2.87. The van der Waals surface area contributed by atoms with Gasteiger partial charge in [-0.15, -0.1) is 0 Å². The van der Waals surface area contributed by atoms with Crippen LogP contribution in [0.15, 0.2) is 66.2 Å². The minimum atomic E-state index is -0.805. The van der Waals surface area contributed by atoms with E-state index in [1.54, 1.807) is 4.90 Å². The summed E-state index contributed by atoms with van der Waals surface area (Å²) in [6.45, 7) is 2.05. The van der Waals surface area contributed by atoms with Crippen LogP contribution in [0.5, 0.6) is 0 Å². The lowest BCUT2D eigenvalue weighted by atomic mass is 9.57. The second-order valence-corrected chi connectivity index (χ2v) is 7.09. The molecule has 0 radical (unpaired) electrons. The number of carbonyl (C=O) groups excluding carboxylic acids is 2. The number of fused-ring (bicyclic) bond motifs is 3. The molecule has 1 heterocycles.